The first-order valence-electron chi connectivity index (χ1n) is 5.44. The van der Waals surface area contributed by atoms with Crippen LogP contribution in [0.2, 0.25) is 0 Å². The van der Waals surface area contributed by atoms with Crippen LogP contribution in [0.3, 0.4) is 0 Å². The van der Waals surface area contributed by atoms with Gasteiger partial charge in [0.2, 0.25) is 0 Å². The normalized spacial score (nSPS) is 18.4. The van der Waals surface area contributed by atoms with E-state index >= 15 is 0 Å². The Kier molecular flexibility index (Phi) is 2.99. The standard InChI is InChI=1S/C12H14NO3/c1-2-13(12(14)15)11-8-7-9-5-3-4-6-10(9)16-11/h3-6,11H,2,7-8H2,1H3. The third-order valence-electron chi connectivity index (χ3n) is 2.82. The summed E-state index contributed by atoms with van der Waals surface area (Å²) in [5.41, 5.74) is 1.13. The molecule has 85 valence electrons. The van der Waals surface area contributed by atoms with Crippen LogP contribution in [0, 0.1) is 0 Å². The fourth-order valence-electron chi connectivity index (χ4n) is 1.98. The molecular formula is C12H14NO3. The molecular weight excluding hydrogens is 206 g/mol. The lowest BCUT2D eigenvalue weighted by Gasteiger charge is -2.32. The largest absolute Gasteiger partial charge is 0.470 e. The van der Waals surface area contributed by atoms with Gasteiger partial charge in [-0.3, -0.25) is 4.90 Å². The number of carbonyl (C=O) groups excluding carboxylic acids is 1. The Morgan fingerprint density at radius 3 is 2.94 bits per heavy atom. The number of hydrogen-bond donors (Lipinski definition) is 0. The van der Waals surface area contributed by atoms with Crippen molar-refractivity contribution in [2.75, 3.05) is 6.54 Å². The van der Waals surface area contributed by atoms with E-state index in [0.29, 0.717) is 13.0 Å². The first-order chi connectivity index (χ1) is 7.72. The van der Waals surface area contributed by atoms with E-state index in [1.54, 1.807) is 6.92 Å². The zero-order chi connectivity index (χ0) is 11.5. The van der Waals surface area contributed by atoms with E-state index < -0.39 is 12.3 Å². The topological polar surface area (TPSA) is 49.4 Å². The average molecular weight is 220 g/mol. The number of carbonyl (C=O) groups is 1. The van der Waals surface area contributed by atoms with Crippen LogP contribution in [-0.2, 0) is 11.5 Å². The van der Waals surface area contributed by atoms with Crippen molar-refractivity contribution in [2.24, 2.45) is 0 Å². The summed E-state index contributed by atoms with van der Waals surface area (Å²) in [5.74, 6) is 0.776. The molecule has 1 amide bonds. The van der Waals surface area contributed by atoms with Gasteiger partial charge in [-0.25, -0.2) is 9.90 Å². The van der Waals surface area contributed by atoms with E-state index in [4.69, 9.17) is 4.74 Å². The van der Waals surface area contributed by atoms with Gasteiger partial charge in [-0.2, -0.15) is 0 Å². The maximum atomic E-state index is 10.9. The first kappa shape index (κ1) is 10.8. The van der Waals surface area contributed by atoms with Crippen molar-refractivity contribution < 1.29 is 14.6 Å². The highest BCUT2D eigenvalue weighted by Gasteiger charge is 2.28. The van der Waals surface area contributed by atoms with Crippen LogP contribution >= 0.6 is 0 Å². The lowest BCUT2D eigenvalue weighted by molar-refractivity contribution is 0.0106. The Morgan fingerprint density at radius 1 is 1.50 bits per heavy atom. The summed E-state index contributed by atoms with van der Waals surface area (Å²) in [7, 11) is 0. The van der Waals surface area contributed by atoms with E-state index in [9.17, 15) is 9.90 Å². The van der Waals surface area contributed by atoms with Crippen LogP contribution in [0.1, 0.15) is 18.9 Å². The van der Waals surface area contributed by atoms with Gasteiger partial charge in [0.1, 0.15) is 5.75 Å². The summed E-state index contributed by atoms with van der Waals surface area (Å²) in [6, 6.07) is 7.71. The van der Waals surface area contributed by atoms with E-state index in [1.165, 1.54) is 4.90 Å². The van der Waals surface area contributed by atoms with Crippen molar-refractivity contribution in [2.45, 2.75) is 26.0 Å². The van der Waals surface area contributed by atoms with Crippen LogP contribution in [0.5, 0.6) is 5.75 Å². The number of fused-ring (bicyclic) bond motifs is 1. The van der Waals surface area contributed by atoms with Gasteiger partial charge in [0.25, 0.3) is 0 Å². The monoisotopic (exact) mass is 220 g/mol. The fraction of sp³-hybridized carbons (Fsp3) is 0.417. The summed E-state index contributed by atoms with van der Waals surface area (Å²) in [6.45, 7) is 2.16. The first-order valence-corrected chi connectivity index (χ1v) is 5.44. The van der Waals surface area contributed by atoms with Gasteiger partial charge in [0.15, 0.2) is 6.23 Å². The van der Waals surface area contributed by atoms with Crippen LogP contribution in [-0.4, -0.2) is 23.8 Å². The molecule has 1 aliphatic rings. The third-order valence-corrected chi connectivity index (χ3v) is 2.82. The second-order valence-electron chi connectivity index (χ2n) is 3.77. The minimum absolute atomic E-state index is 0.384. The van der Waals surface area contributed by atoms with Crippen molar-refractivity contribution in [3.05, 3.63) is 29.8 Å². The maximum absolute atomic E-state index is 10.9. The summed E-state index contributed by atoms with van der Waals surface area (Å²) in [6.07, 6.45) is -0.0690. The van der Waals surface area contributed by atoms with Crippen LogP contribution < -0.4 is 4.74 Å². The van der Waals surface area contributed by atoms with Gasteiger partial charge >= 0.3 is 6.09 Å². The number of rotatable bonds is 2. The van der Waals surface area contributed by atoms with Crippen molar-refractivity contribution >= 4 is 6.09 Å². The molecule has 1 aliphatic heterocycles. The van der Waals surface area contributed by atoms with Crippen LogP contribution in [0.15, 0.2) is 24.3 Å². The highest BCUT2D eigenvalue weighted by molar-refractivity contribution is 5.64. The van der Waals surface area contributed by atoms with Gasteiger partial charge in [0.05, 0.1) is 0 Å². The molecule has 0 saturated heterocycles. The predicted molar refractivity (Wildman–Crippen MR) is 57.6 cm³/mol. The number of para-hydroxylation sites is 1. The van der Waals surface area contributed by atoms with Gasteiger partial charge in [0, 0.05) is 13.0 Å². The number of aryl methyl sites for hydroxylation is 1. The second-order valence-corrected chi connectivity index (χ2v) is 3.77. The van der Waals surface area contributed by atoms with E-state index in [1.807, 2.05) is 24.3 Å². The molecule has 1 radical (unpaired) electrons. The molecule has 4 heteroatoms. The molecule has 0 N–H and O–H groups in total. The number of ether oxygens (including phenoxy) is 1. The summed E-state index contributed by atoms with van der Waals surface area (Å²) < 4.78 is 5.65. The zero-order valence-electron chi connectivity index (χ0n) is 9.18. The number of nitrogens with zero attached hydrogens (tertiary/aromatic N) is 1. The Hall–Kier alpha value is -1.71. The molecule has 0 aromatic heterocycles. The SMILES string of the molecule is CCN(C([O])=O)C1CCc2ccccc2O1. The minimum atomic E-state index is -1.17. The van der Waals surface area contributed by atoms with Crippen molar-refractivity contribution in [1.29, 1.82) is 0 Å². The molecule has 4 nitrogen and oxygen atoms in total. The summed E-state index contributed by atoms with van der Waals surface area (Å²) in [5, 5.41) is 10.9. The molecule has 0 saturated carbocycles. The van der Waals surface area contributed by atoms with Gasteiger partial charge in [-0.1, -0.05) is 18.2 Å². The molecule has 16 heavy (non-hydrogen) atoms. The third kappa shape index (κ3) is 1.96. The summed E-state index contributed by atoms with van der Waals surface area (Å²) in [4.78, 5) is 12.1. The van der Waals surface area contributed by atoms with Crippen molar-refractivity contribution in [1.82, 2.24) is 4.90 Å². The number of hydrogen-bond acceptors (Lipinski definition) is 2. The predicted octanol–water partition coefficient (Wildman–Crippen LogP) is 2.21. The van der Waals surface area contributed by atoms with Crippen LogP contribution in [0.25, 0.3) is 0 Å². The van der Waals surface area contributed by atoms with Crippen LogP contribution in [0.4, 0.5) is 4.79 Å². The Balaban J connectivity index is 2.15. The van der Waals surface area contributed by atoms with Crippen molar-refractivity contribution in [3.8, 4) is 5.75 Å². The van der Waals surface area contributed by atoms with Crippen molar-refractivity contribution in [3.63, 3.8) is 0 Å². The molecule has 1 atom stereocenters. The highest BCUT2D eigenvalue weighted by atomic mass is 16.5. The smallest absolute Gasteiger partial charge is 0.455 e. The quantitative estimate of drug-likeness (QED) is 0.767. The summed E-state index contributed by atoms with van der Waals surface area (Å²) >= 11 is 0. The molecule has 1 aromatic carbocycles. The molecule has 0 bridgehead atoms. The highest BCUT2D eigenvalue weighted by Crippen LogP contribution is 2.28. The molecule has 0 aliphatic carbocycles. The fourth-order valence-corrected chi connectivity index (χ4v) is 1.98. The minimum Gasteiger partial charge on any atom is -0.470 e. The lowest BCUT2D eigenvalue weighted by Crippen LogP contribution is -2.44. The second kappa shape index (κ2) is 4.43. The lowest BCUT2D eigenvalue weighted by atomic mass is 10.0. The molecule has 1 heterocycles. The molecule has 1 aromatic rings. The van der Waals surface area contributed by atoms with E-state index in [2.05, 4.69) is 0 Å². The molecule has 0 fully saturated rings. The van der Waals surface area contributed by atoms with E-state index in [0.717, 1.165) is 17.7 Å². The van der Waals surface area contributed by atoms with E-state index in [-0.39, 0.29) is 0 Å². The molecule has 1 unspecified atom stereocenters. The Morgan fingerprint density at radius 2 is 2.25 bits per heavy atom. The Bertz CT molecular complexity index is 392. The number of amides is 1. The van der Waals surface area contributed by atoms with Gasteiger partial charge in [-0.15, -0.1) is 0 Å². The van der Waals surface area contributed by atoms with Gasteiger partial charge in [-0.05, 0) is 25.0 Å². The number of benzene rings is 1. The Labute approximate surface area is 94.4 Å². The molecule has 0 spiro atoms. The maximum Gasteiger partial charge on any atom is 0.455 e. The average Bonchev–Trinajstić information content (AvgIpc) is 2.29. The van der Waals surface area contributed by atoms with Gasteiger partial charge < -0.3 is 4.74 Å². The zero-order valence-corrected chi connectivity index (χ0v) is 9.18. The molecule has 2 rings (SSSR count).